The molecule has 1 aliphatic rings. The molecule has 1 unspecified atom stereocenters. The van der Waals surface area contributed by atoms with Crippen molar-refractivity contribution in [3.05, 3.63) is 45.6 Å². The van der Waals surface area contributed by atoms with Gasteiger partial charge in [-0.05, 0) is 93.9 Å². The average molecular weight is 559 g/mol. The Morgan fingerprint density at radius 3 is 2.66 bits per heavy atom. The molecule has 0 radical (unpaired) electrons. The number of ether oxygens (including phenoxy) is 2. The first-order valence-electron chi connectivity index (χ1n) is 12.2. The molecular formula is C27H28ClFN4O4S. The third-order valence-electron chi connectivity index (χ3n) is 6.69. The van der Waals surface area contributed by atoms with Crippen LogP contribution in [-0.4, -0.2) is 42.2 Å². The number of nitrogens with zero attached hydrogens (tertiary/aromatic N) is 4. The normalized spacial score (nSPS) is 14.4. The van der Waals surface area contributed by atoms with E-state index in [-0.39, 0.29) is 11.0 Å². The van der Waals surface area contributed by atoms with E-state index >= 15 is 4.39 Å². The molecule has 1 aliphatic heterocycles. The van der Waals surface area contributed by atoms with Crippen LogP contribution in [0.4, 0.5) is 4.39 Å². The number of carboxylic acids is 1. The smallest absolute Gasteiger partial charge is 0.337 e. The number of carboxylic acid groups (broad SMARTS) is 1. The predicted octanol–water partition coefficient (Wildman–Crippen LogP) is 6.43. The van der Waals surface area contributed by atoms with Crippen LogP contribution >= 0.6 is 23.1 Å². The van der Waals surface area contributed by atoms with Gasteiger partial charge in [-0.3, -0.25) is 0 Å². The van der Waals surface area contributed by atoms with E-state index in [2.05, 4.69) is 9.36 Å². The molecule has 38 heavy (non-hydrogen) atoms. The van der Waals surface area contributed by atoms with Crippen LogP contribution in [0.25, 0.3) is 32.9 Å². The molecule has 0 amide bonds. The average Bonchev–Trinajstić information content (AvgIpc) is 3.41. The van der Waals surface area contributed by atoms with Gasteiger partial charge < -0.3 is 19.1 Å². The maximum atomic E-state index is 15.5. The van der Waals surface area contributed by atoms with Gasteiger partial charge in [0.15, 0.2) is 22.7 Å². The van der Waals surface area contributed by atoms with Gasteiger partial charge in [-0.2, -0.15) is 4.37 Å². The Morgan fingerprint density at radius 1 is 1.29 bits per heavy atom. The van der Waals surface area contributed by atoms with E-state index in [0.29, 0.717) is 57.1 Å². The minimum atomic E-state index is -1.34. The summed E-state index contributed by atoms with van der Waals surface area (Å²) in [5.74, 6) is -1.37. The van der Waals surface area contributed by atoms with Crippen molar-refractivity contribution in [2.75, 3.05) is 6.61 Å². The second-order valence-electron chi connectivity index (χ2n) is 10.4. The van der Waals surface area contributed by atoms with Crippen LogP contribution in [0.3, 0.4) is 0 Å². The maximum absolute atomic E-state index is 15.5. The van der Waals surface area contributed by atoms with Crippen LogP contribution in [0.15, 0.2) is 12.1 Å². The molecule has 200 valence electrons. The van der Waals surface area contributed by atoms with Crippen LogP contribution in [0.1, 0.15) is 55.7 Å². The second kappa shape index (κ2) is 9.59. The maximum Gasteiger partial charge on any atom is 0.337 e. The molecule has 1 aromatic carbocycles. The Labute approximate surface area is 228 Å². The van der Waals surface area contributed by atoms with Gasteiger partial charge in [0.05, 0.1) is 17.9 Å². The molecule has 5 rings (SSSR count). The number of halogens is 2. The molecule has 0 bridgehead atoms. The lowest BCUT2D eigenvalue weighted by molar-refractivity contribution is -0.160. The van der Waals surface area contributed by atoms with Gasteiger partial charge in [0.2, 0.25) is 5.28 Å². The lowest BCUT2D eigenvalue weighted by Crippen LogP contribution is -2.28. The summed E-state index contributed by atoms with van der Waals surface area (Å²) in [4.78, 5) is 21.8. The highest BCUT2D eigenvalue weighted by Crippen LogP contribution is 2.45. The number of benzene rings is 1. The number of rotatable bonds is 5. The molecule has 0 saturated heterocycles. The molecule has 0 fully saturated rings. The van der Waals surface area contributed by atoms with Gasteiger partial charge in [-0.15, -0.1) is 0 Å². The molecule has 0 saturated carbocycles. The van der Waals surface area contributed by atoms with Crippen molar-refractivity contribution >= 4 is 40.1 Å². The lowest BCUT2D eigenvalue weighted by atomic mass is 9.86. The second-order valence-corrected chi connectivity index (χ2v) is 11.5. The van der Waals surface area contributed by atoms with Crippen LogP contribution in [0, 0.1) is 19.7 Å². The van der Waals surface area contributed by atoms with Gasteiger partial charge in [-0.25, -0.2) is 19.2 Å². The molecule has 11 heteroatoms. The fraction of sp³-hybridized carbons (Fsp3) is 0.407. The number of pyridine rings is 1. The van der Waals surface area contributed by atoms with E-state index in [1.165, 1.54) is 6.07 Å². The first kappa shape index (κ1) is 26.5. The SMILES string of the molecule is Cc1nc2c(cc(-c3nc(Cl)ns3)n2C)c(-c2cc(F)c3c(c2C)CCCO3)c1C(OC(C)(C)C)C(=O)O. The largest absolute Gasteiger partial charge is 0.490 e. The lowest BCUT2D eigenvalue weighted by Gasteiger charge is -2.29. The van der Waals surface area contributed by atoms with Gasteiger partial charge in [0.25, 0.3) is 0 Å². The number of hydrogen-bond donors (Lipinski definition) is 1. The number of aryl methyl sites for hydroxylation is 2. The zero-order chi connectivity index (χ0) is 27.5. The van der Waals surface area contributed by atoms with Gasteiger partial charge in [0, 0.05) is 34.8 Å². The highest BCUT2D eigenvalue weighted by Gasteiger charge is 2.34. The zero-order valence-corrected chi connectivity index (χ0v) is 23.6. The number of aromatic nitrogens is 4. The summed E-state index contributed by atoms with van der Waals surface area (Å²) in [5, 5.41) is 11.7. The first-order valence-corrected chi connectivity index (χ1v) is 13.4. The summed E-state index contributed by atoms with van der Waals surface area (Å²) in [6.07, 6.45) is 0.0989. The van der Waals surface area contributed by atoms with Crippen molar-refractivity contribution in [3.63, 3.8) is 0 Å². The summed E-state index contributed by atoms with van der Waals surface area (Å²) in [6, 6.07) is 3.31. The Kier molecular flexibility index (Phi) is 6.69. The minimum absolute atomic E-state index is 0.137. The molecular weight excluding hydrogens is 531 g/mol. The van der Waals surface area contributed by atoms with E-state index < -0.39 is 23.5 Å². The topological polar surface area (TPSA) is 99.4 Å². The summed E-state index contributed by atoms with van der Waals surface area (Å²) >= 11 is 7.16. The van der Waals surface area contributed by atoms with E-state index in [1.54, 1.807) is 27.7 Å². The van der Waals surface area contributed by atoms with Crippen LogP contribution in [0.5, 0.6) is 5.75 Å². The Bertz CT molecular complexity index is 1590. The van der Waals surface area contributed by atoms with Crippen molar-refractivity contribution in [2.45, 2.75) is 59.2 Å². The fourth-order valence-electron chi connectivity index (χ4n) is 5.09. The van der Waals surface area contributed by atoms with Crippen LogP contribution in [0.2, 0.25) is 5.28 Å². The zero-order valence-electron chi connectivity index (χ0n) is 22.0. The Balaban J connectivity index is 1.90. The Morgan fingerprint density at radius 2 is 2.03 bits per heavy atom. The van der Waals surface area contributed by atoms with Crippen molar-refractivity contribution in [3.8, 4) is 27.6 Å². The third-order valence-corrected chi connectivity index (χ3v) is 7.69. The molecule has 0 spiro atoms. The van der Waals surface area contributed by atoms with Crippen molar-refractivity contribution < 1.29 is 23.8 Å². The van der Waals surface area contributed by atoms with Gasteiger partial charge in [-0.1, -0.05) is 0 Å². The van der Waals surface area contributed by atoms with Crippen LogP contribution in [-0.2, 0) is 23.0 Å². The summed E-state index contributed by atoms with van der Waals surface area (Å²) in [6.45, 7) is 9.52. The molecule has 1 N–H and O–H groups in total. The number of hydrogen-bond acceptors (Lipinski definition) is 7. The molecule has 0 aliphatic carbocycles. The summed E-state index contributed by atoms with van der Waals surface area (Å²) in [5.41, 5.74) is 4.15. The minimum Gasteiger partial charge on any atom is -0.490 e. The van der Waals surface area contributed by atoms with E-state index in [9.17, 15) is 9.90 Å². The number of fused-ring (bicyclic) bond motifs is 2. The van der Waals surface area contributed by atoms with Crippen LogP contribution < -0.4 is 4.74 Å². The predicted molar refractivity (Wildman–Crippen MR) is 145 cm³/mol. The third kappa shape index (κ3) is 4.54. The van der Waals surface area contributed by atoms with E-state index in [4.69, 9.17) is 26.1 Å². The number of carbonyl (C=O) groups is 1. The standard InChI is InChI=1S/C27H28ClFN4O4S/c1-12-14-8-7-9-36-21(14)17(29)10-15(12)20-16-11-18(24-31-26(28)32-38-24)33(6)23(16)30-13(2)19(20)22(25(34)35)37-27(3,4)5/h10-11,22H,7-9H2,1-6H3,(H,34,35). The van der Waals surface area contributed by atoms with Gasteiger partial charge in [0.1, 0.15) is 5.65 Å². The summed E-state index contributed by atoms with van der Waals surface area (Å²) < 4.78 is 33.2. The molecule has 4 heterocycles. The first-order chi connectivity index (χ1) is 17.9. The summed E-state index contributed by atoms with van der Waals surface area (Å²) in [7, 11) is 1.84. The molecule has 4 aromatic rings. The van der Waals surface area contributed by atoms with Crippen molar-refractivity contribution in [1.29, 1.82) is 0 Å². The monoisotopic (exact) mass is 558 g/mol. The highest BCUT2D eigenvalue weighted by atomic mass is 35.5. The highest BCUT2D eigenvalue weighted by molar-refractivity contribution is 7.09. The van der Waals surface area contributed by atoms with E-state index in [0.717, 1.165) is 29.1 Å². The Hall–Kier alpha value is -3.08. The van der Waals surface area contributed by atoms with Gasteiger partial charge >= 0.3 is 5.97 Å². The quantitative estimate of drug-likeness (QED) is 0.301. The number of aliphatic carboxylic acids is 1. The van der Waals surface area contributed by atoms with Crippen molar-refractivity contribution in [2.24, 2.45) is 7.05 Å². The van der Waals surface area contributed by atoms with Crippen molar-refractivity contribution in [1.82, 2.24) is 18.9 Å². The molecule has 1 atom stereocenters. The van der Waals surface area contributed by atoms with E-state index in [1.807, 2.05) is 24.6 Å². The fourth-order valence-corrected chi connectivity index (χ4v) is 5.94. The molecule has 8 nitrogen and oxygen atoms in total. The molecule has 3 aromatic heterocycles.